The van der Waals surface area contributed by atoms with Gasteiger partial charge in [-0.25, -0.2) is 4.79 Å². The van der Waals surface area contributed by atoms with Crippen molar-refractivity contribution in [2.45, 2.75) is 20.0 Å². The van der Waals surface area contributed by atoms with Gasteiger partial charge in [-0.2, -0.15) is 0 Å². The van der Waals surface area contributed by atoms with Gasteiger partial charge < -0.3 is 14.0 Å². The minimum atomic E-state index is -0.371. The minimum Gasteiger partial charge on any atom is -0.489 e. The van der Waals surface area contributed by atoms with Crippen LogP contribution in [-0.2, 0) is 4.74 Å². The van der Waals surface area contributed by atoms with Crippen molar-refractivity contribution in [3.63, 3.8) is 0 Å². The first-order chi connectivity index (χ1) is 9.13. The van der Waals surface area contributed by atoms with Gasteiger partial charge in [-0.1, -0.05) is 12.1 Å². The van der Waals surface area contributed by atoms with Crippen molar-refractivity contribution in [3.05, 3.63) is 48.3 Å². The van der Waals surface area contributed by atoms with Crippen molar-refractivity contribution in [1.29, 1.82) is 0 Å². The van der Waals surface area contributed by atoms with Gasteiger partial charge in [-0.3, -0.25) is 0 Å². The molecule has 0 aliphatic carbocycles. The molecule has 0 N–H and O–H groups in total. The monoisotopic (exact) mass is 259 g/mol. The number of carbonyl (C=O) groups excluding carboxylic acids is 1. The van der Waals surface area contributed by atoms with E-state index in [2.05, 4.69) is 0 Å². The number of hydrogen-bond donors (Lipinski definition) is 0. The molecule has 0 radical (unpaired) electrons. The van der Waals surface area contributed by atoms with Gasteiger partial charge in [0.15, 0.2) is 0 Å². The molecular weight excluding hydrogens is 242 g/mol. The average molecular weight is 259 g/mol. The summed E-state index contributed by atoms with van der Waals surface area (Å²) in [5, 5.41) is 0. The van der Waals surface area contributed by atoms with E-state index >= 15 is 0 Å². The van der Waals surface area contributed by atoms with Crippen LogP contribution in [0.2, 0.25) is 0 Å². The number of methoxy groups -OCH3 is 1. The number of carbonyl (C=O) groups is 1. The zero-order valence-corrected chi connectivity index (χ0v) is 11.3. The number of para-hydroxylation sites is 2. The van der Waals surface area contributed by atoms with Gasteiger partial charge in [0.05, 0.1) is 18.9 Å². The molecule has 0 amide bonds. The van der Waals surface area contributed by atoms with Crippen molar-refractivity contribution in [1.82, 2.24) is 4.57 Å². The summed E-state index contributed by atoms with van der Waals surface area (Å²) < 4.78 is 12.3. The number of benzene rings is 1. The third kappa shape index (κ3) is 2.78. The van der Waals surface area contributed by atoms with Crippen LogP contribution in [0, 0.1) is 0 Å². The highest BCUT2D eigenvalue weighted by molar-refractivity contribution is 5.88. The number of esters is 1. The molecule has 0 saturated heterocycles. The van der Waals surface area contributed by atoms with Crippen molar-refractivity contribution in [2.24, 2.45) is 0 Å². The van der Waals surface area contributed by atoms with Crippen LogP contribution >= 0.6 is 0 Å². The summed E-state index contributed by atoms with van der Waals surface area (Å²) in [7, 11) is 1.37. The molecule has 1 heterocycles. The lowest BCUT2D eigenvalue weighted by molar-refractivity contribution is 0.0591. The molecular formula is C15H17NO3. The lowest BCUT2D eigenvalue weighted by Gasteiger charge is -2.16. The fourth-order valence-corrected chi connectivity index (χ4v) is 1.87. The summed E-state index contributed by atoms with van der Waals surface area (Å²) in [6.07, 6.45) is 1.88. The van der Waals surface area contributed by atoms with Crippen LogP contribution in [0.3, 0.4) is 0 Å². The summed E-state index contributed by atoms with van der Waals surface area (Å²) in [5.74, 6) is 0.364. The van der Waals surface area contributed by atoms with E-state index in [0.717, 1.165) is 11.4 Å². The Hall–Kier alpha value is -2.23. The molecule has 4 nitrogen and oxygen atoms in total. The maximum atomic E-state index is 11.7. The third-order valence-corrected chi connectivity index (χ3v) is 2.63. The van der Waals surface area contributed by atoms with Crippen LogP contribution in [0.1, 0.15) is 24.3 Å². The molecule has 4 heteroatoms. The molecule has 0 aliphatic rings. The van der Waals surface area contributed by atoms with Crippen molar-refractivity contribution in [2.75, 3.05) is 7.11 Å². The van der Waals surface area contributed by atoms with E-state index in [0.29, 0.717) is 5.69 Å². The summed E-state index contributed by atoms with van der Waals surface area (Å²) in [4.78, 5) is 11.7. The summed E-state index contributed by atoms with van der Waals surface area (Å²) in [6, 6.07) is 11.1. The van der Waals surface area contributed by atoms with Gasteiger partial charge in [-0.15, -0.1) is 0 Å². The molecule has 1 aromatic carbocycles. The SMILES string of the molecule is COC(=O)c1cccn1-c1ccccc1OC(C)C. The van der Waals surface area contributed by atoms with Gasteiger partial charge >= 0.3 is 5.97 Å². The number of nitrogens with zero attached hydrogens (tertiary/aromatic N) is 1. The first-order valence-corrected chi connectivity index (χ1v) is 6.15. The predicted octanol–water partition coefficient (Wildman–Crippen LogP) is 3.05. The highest BCUT2D eigenvalue weighted by atomic mass is 16.5. The van der Waals surface area contributed by atoms with Gasteiger partial charge in [0.25, 0.3) is 0 Å². The lowest BCUT2D eigenvalue weighted by atomic mass is 10.2. The Bertz CT molecular complexity index is 572. The highest BCUT2D eigenvalue weighted by Crippen LogP contribution is 2.25. The van der Waals surface area contributed by atoms with Crippen LogP contribution in [0.15, 0.2) is 42.6 Å². The van der Waals surface area contributed by atoms with Gasteiger partial charge in [-0.05, 0) is 38.1 Å². The molecule has 0 unspecified atom stereocenters. The first kappa shape index (κ1) is 13.2. The second-order valence-corrected chi connectivity index (χ2v) is 4.39. The van der Waals surface area contributed by atoms with Crippen molar-refractivity contribution >= 4 is 5.97 Å². The molecule has 0 aliphatic heterocycles. The molecule has 2 rings (SSSR count). The van der Waals surface area contributed by atoms with Crippen LogP contribution in [-0.4, -0.2) is 23.8 Å². The molecule has 0 spiro atoms. The predicted molar refractivity (Wildman–Crippen MR) is 72.9 cm³/mol. The van der Waals surface area contributed by atoms with Crippen LogP contribution in [0.25, 0.3) is 5.69 Å². The van der Waals surface area contributed by atoms with Gasteiger partial charge in [0, 0.05) is 6.20 Å². The number of ether oxygens (including phenoxy) is 2. The molecule has 0 bridgehead atoms. The zero-order chi connectivity index (χ0) is 13.8. The Morgan fingerprint density at radius 1 is 1.16 bits per heavy atom. The Morgan fingerprint density at radius 3 is 2.58 bits per heavy atom. The fourth-order valence-electron chi connectivity index (χ4n) is 1.87. The largest absolute Gasteiger partial charge is 0.489 e. The standard InChI is InChI=1S/C15H17NO3/c1-11(2)19-14-9-5-4-7-12(14)16-10-6-8-13(16)15(17)18-3/h4-11H,1-3H3. The molecule has 0 atom stereocenters. The van der Waals surface area contributed by atoms with E-state index in [4.69, 9.17) is 9.47 Å². The third-order valence-electron chi connectivity index (χ3n) is 2.63. The second kappa shape index (κ2) is 5.61. The number of rotatable bonds is 4. The van der Waals surface area contributed by atoms with E-state index in [1.54, 1.807) is 16.7 Å². The molecule has 1 aromatic heterocycles. The molecule has 19 heavy (non-hydrogen) atoms. The Labute approximate surface area is 112 Å². The molecule has 0 saturated carbocycles. The maximum Gasteiger partial charge on any atom is 0.355 e. The van der Waals surface area contributed by atoms with E-state index in [1.165, 1.54) is 7.11 Å². The lowest BCUT2D eigenvalue weighted by Crippen LogP contribution is -2.12. The average Bonchev–Trinajstić information content (AvgIpc) is 2.87. The van der Waals surface area contributed by atoms with Gasteiger partial charge in [0.2, 0.25) is 0 Å². The van der Waals surface area contributed by atoms with E-state index in [9.17, 15) is 4.79 Å². The minimum absolute atomic E-state index is 0.0679. The first-order valence-electron chi connectivity index (χ1n) is 6.15. The zero-order valence-electron chi connectivity index (χ0n) is 11.3. The quantitative estimate of drug-likeness (QED) is 0.792. The maximum absolute atomic E-state index is 11.7. The molecule has 2 aromatic rings. The smallest absolute Gasteiger partial charge is 0.355 e. The van der Waals surface area contributed by atoms with Crippen molar-refractivity contribution in [3.8, 4) is 11.4 Å². The van der Waals surface area contributed by atoms with E-state index in [-0.39, 0.29) is 12.1 Å². The van der Waals surface area contributed by atoms with E-state index < -0.39 is 0 Å². The Kier molecular flexibility index (Phi) is 3.90. The molecule has 100 valence electrons. The Balaban J connectivity index is 2.47. The fraction of sp³-hybridized carbons (Fsp3) is 0.267. The van der Waals surface area contributed by atoms with Crippen LogP contribution in [0.4, 0.5) is 0 Å². The Morgan fingerprint density at radius 2 is 1.89 bits per heavy atom. The summed E-state index contributed by atoms with van der Waals surface area (Å²) >= 11 is 0. The number of hydrogen-bond acceptors (Lipinski definition) is 3. The summed E-state index contributed by atoms with van der Waals surface area (Å²) in [5.41, 5.74) is 1.30. The van der Waals surface area contributed by atoms with Crippen LogP contribution in [0.5, 0.6) is 5.75 Å². The number of aromatic nitrogens is 1. The highest BCUT2D eigenvalue weighted by Gasteiger charge is 2.15. The van der Waals surface area contributed by atoms with Crippen LogP contribution < -0.4 is 4.74 Å². The van der Waals surface area contributed by atoms with Crippen molar-refractivity contribution < 1.29 is 14.3 Å². The summed E-state index contributed by atoms with van der Waals surface area (Å²) in [6.45, 7) is 3.93. The molecule has 0 fully saturated rings. The second-order valence-electron chi connectivity index (χ2n) is 4.39. The normalized spacial score (nSPS) is 10.5. The van der Waals surface area contributed by atoms with Gasteiger partial charge in [0.1, 0.15) is 11.4 Å². The topological polar surface area (TPSA) is 40.5 Å². The van der Waals surface area contributed by atoms with E-state index in [1.807, 2.05) is 44.3 Å².